The lowest BCUT2D eigenvalue weighted by Crippen LogP contribution is -1.98. The summed E-state index contributed by atoms with van der Waals surface area (Å²) in [4.78, 5) is 3.72. The van der Waals surface area contributed by atoms with Crippen LogP contribution < -0.4 is 0 Å². The molecule has 0 saturated heterocycles. The van der Waals surface area contributed by atoms with Gasteiger partial charge in [-0.25, -0.2) is 4.85 Å². The van der Waals surface area contributed by atoms with Crippen LogP contribution >= 0.6 is 0 Å². The van der Waals surface area contributed by atoms with Crippen molar-refractivity contribution in [2.45, 2.75) is 0 Å². The van der Waals surface area contributed by atoms with E-state index in [1.807, 2.05) is 97.1 Å². The lowest BCUT2D eigenvalue weighted by Gasteiger charge is -2.15. The maximum atomic E-state index is 10.5. The molecule has 0 fully saturated rings. The Bertz CT molecular complexity index is 2970. The fraction of sp³-hybridized carbons (Fsp3) is 0. The van der Waals surface area contributed by atoms with Crippen molar-refractivity contribution in [3.05, 3.63) is 174 Å². The number of aromatic nitrogens is 2. The number of hydrogen-bond acceptors (Lipinski definition) is 2. The van der Waals surface area contributed by atoms with E-state index in [9.17, 15) is 10.5 Å². The molecule has 0 amide bonds. The molecule has 0 N–H and O–H groups in total. The minimum atomic E-state index is 0.571. The van der Waals surface area contributed by atoms with Gasteiger partial charge in [-0.3, -0.25) is 0 Å². The van der Waals surface area contributed by atoms with E-state index in [2.05, 4.69) is 80.7 Å². The molecule has 2 aromatic heterocycles. The molecule has 2 heterocycles. The Labute approximate surface area is 288 Å². The number of benzene rings is 7. The lowest BCUT2D eigenvalue weighted by atomic mass is 9.95. The van der Waals surface area contributed by atoms with Crippen molar-refractivity contribution in [3.63, 3.8) is 0 Å². The third-order valence-corrected chi connectivity index (χ3v) is 9.60. The van der Waals surface area contributed by atoms with Gasteiger partial charge in [-0.15, -0.1) is 0 Å². The minimum Gasteiger partial charge on any atom is -0.310 e. The standard InChI is InChI=1S/C45H25N5/c1-48-33-18-20-39-37-12-3-7-16-43(37)50(45(39)26-33)41-14-5-2-11-36(41)31-10-8-9-30(24-31)35-21-19-34(25-32(35)28-47)49-42-15-6-4-13-38(42)40-23-29(27-46)17-22-44(40)49/h2-26H. The Morgan fingerprint density at radius 2 is 1.16 bits per heavy atom. The van der Waals surface area contributed by atoms with Crippen molar-refractivity contribution in [1.82, 2.24) is 9.13 Å². The largest absolute Gasteiger partial charge is 0.310 e. The van der Waals surface area contributed by atoms with Gasteiger partial charge in [-0.2, -0.15) is 10.5 Å². The Morgan fingerprint density at radius 1 is 0.480 bits per heavy atom. The van der Waals surface area contributed by atoms with Gasteiger partial charge in [0.2, 0.25) is 0 Å². The van der Waals surface area contributed by atoms with E-state index in [0.29, 0.717) is 16.8 Å². The summed E-state index contributed by atoms with van der Waals surface area (Å²) in [5, 5.41) is 24.3. The number of para-hydroxylation sites is 3. The van der Waals surface area contributed by atoms with Gasteiger partial charge in [0.25, 0.3) is 0 Å². The van der Waals surface area contributed by atoms with Crippen LogP contribution in [0.3, 0.4) is 0 Å². The highest BCUT2D eigenvalue weighted by Crippen LogP contribution is 2.39. The summed E-state index contributed by atoms with van der Waals surface area (Å²) in [6.45, 7) is 7.66. The van der Waals surface area contributed by atoms with Crippen molar-refractivity contribution >= 4 is 49.3 Å². The van der Waals surface area contributed by atoms with Crippen molar-refractivity contribution in [3.8, 4) is 45.8 Å². The van der Waals surface area contributed by atoms with Crippen LogP contribution in [0.1, 0.15) is 11.1 Å². The maximum Gasteiger partial charge on any atom is 0.189 e. The van der Waals surface area contributed by atoms with Crippen LogP contribution in [0, 0.1) is 29.2 Å². The summed E-state index contributed by atoms with van der Waals surface area (Å²) in [5.41, 5.74) is 11.6. The van der Waals surface area contributed by atoms with Gasteiger partial charge in [-0.05, 0) is 77.4 Å². The average molecular weight is 636 g/mol. The second-order valence-electron chi connectivity index (χ2n) is 12.3. The maximum absolute atomic E-state index is 10.5. The monoisotopic (exact) mass is 635 g/mol. The molecular weight excluding hydrogens is 611 g/mol. The van der Waals surface area contributed by atoms with Gasteiger partial charge < -0.3 is 9.13 Å². The summed E-state index contributed by atoms with van der Waals surface area (Å²) >= 11 is 0. The van der Waals surface area contributed by atoms with E-state index < -0.39 is 0 Å². The fourth-order valence-corrected chi connectivity index (χ4v) is 7.39. The first kappa shape index (κ1) is 28.8. The molecular formula is C45H25N5. The van der Waals surface area contributed by atoms with Gasteiger partial charge in [0, 0.05) is 38.3 Å². The van der Waals surface area contributed by atoms with Crippen molar-refractivity contribution in [2.75, 3.05) is 0 Å². The summed E-state index contributed by atoms with van der Waals surface area (Å²) in [5.74, 6) is 0. The quantitative estimate of drug-likeness (QED) is 0.181. The zero-order valence-electron chi connectivity index (χ0n) is 26.7. The van der Waals surface area contributed by atoms with Crippen molar-refractivity contribution in [1.29, 1.82) is 10.5 Å². The first-order chi connectivity index (χ1) is 24.7. The molecule has 0 spiro atoms. The Balaban J connectivity index is 1.19. The van der Waals surface area contributed by atoms with E-state index >= 15 is 0 Å². The van der Waals surface area contributed by atoms with Crippen LogP contribution in [0.2, 0.25) is 0 Å². The van der Waals surface area contributed by atoms with Crippen LogP contribution in [-0.4, -0.2) is 9.13 Å². The Kier molecular flexibility index (Phi) is 6.56. The molecule has 0 unspecified atom stereocenters. The molecule has 0 bridgehead atoms. The van der Waals surface area contributed by atoms with Gasteiger partial charge in [0.05, 0.1) is 52.1 Å². The second kappa shape index (κ2) is 11.4. The number of rotatable bonds is 4. The average Bonchev–Trinajstić information content (AvgIpc) is 3.69. The predicted octanol–water partition coefficient (Wildman–Crippen LogP) is 11.5. The summed E-state index contributed by atoms with van der Waals surface area (Å²) in [7, 11) is 0. The van der Waals surface area contributed by atoms with E-state index in [1.165, 1.54) is 0 Å². The molecule has 50 heavy (non-hydrogen) atoms. The summed E-state index contributed by atoms with van der Waals surface area (Å²) in [6, 6.07) is 55.6. The van der Waals surface area contributed by atoms with Gasteiger partial charge in [-0.1, -0.05) is 91.0 Å². The predicted molar refractivity (Wildman–Crippen MR) is 202 cm³/mol. The van der Waals surface area contributed by atoms with Gasteiger partial charge in [0.15, 0.2) is 5.69 Å². The van der Waals surface area contributed by atoms with Gasteiger partial charge in [0.1, 0.15) is 0 Å². The van der Waals surface area contributed by atoms with Crippen LogP contribution in [0.5, 0.6) is 0 Å². The zero-order valence-corrected chi connectivity index (χ0v) is 26.7. The molecule has 7 aromatic carbocycles. The molecule has 0 saturated carbocycles. The second-order valence-corrected chi connectivity index (χ2v) is 12.3. The zero-order chi connectivity index (χ0) is 33.8. The third kappa shape index (κ3) is 4.38. The smallest absolute Gasteiger partial charge is 0.189 e. The highest BCUT2D eigenvalue weighted by atomic mass is 15.0. The molecule has 0 aliphatic heterocycles. The van der Waals surface area contributed by atoms with E-state index in [0.717, 1.165) is 77.2 Å². The molecule has 9 aromatic rings. The molecule has 0 aliphatic carbocycles. The fourth-order valence-electron chi connectivity index (χ4n) is 7.39. The number of hydrogen-bond donors (Lipinski definition) is 0. The molecule has 5 nitrogen and oxygen atoms in total. The van der Waals surface area contributed by atoms with E-state index in [1.54, 1.807) is 0 Å². The van der Waals surface area contributed by atoms with Crippen LogP contribution in [0.4, 0.5) is 5.69 Å². The number of fused-ring (bicyclic) bond motifs is 6. The molecule has 0 radical (unpaired) electrons. The number of nitrogens with zero attached hydrogens (tertiary/aromatic N) is 5. The summed E-state index contributed by atoms with van der Waals surface area (Å²) in [6.07, 6.45) is 0. The Hall–Kier alpha value is -7.39. The topological polar surface area (TPSA) is 61.8 Å². The highest BCUT2D eigenvalue weighted by molar-refractivity contribution is 6.11. The SMILES string of the molecule is [C-]#[N+]c1ccc2c3ccccc3n(-c3ccccc3-c3cccc(-c4ccc(-n5c6ccccc6c6cc(C#N)ccc65)cc4C#N)c3)c2c1. The third-order valence-electron chi connectivity index (χ3n) is 9.60. The molecule has 5 heteroatoms. The van der Waals surface area contributed by atoms with E-state index in [-0.39, 0.29) is 0 Å². The normalized spacial score (nSPS) is 11.1. The molecule has 9 rings (SSSR count). The lowest BCUT2D eigenvalue weighted by molar-refractivity contribution is 1.18. The highest BCUT2D eigenvalue weighted by Gasteiger charge is 2.18. The molecule has 0 atom stereocenters. The number of nitriles is 2. The first-order valence-electron chi connectivity index (χ1n) is 16.3. The molecule has 0 aliphatic rings. The molecule has 230 valence electrons. The van der Waals surface area contributed by atoms with E-state index in [4.69, 9.17) is 6.57 Å². The van der Waals surface area contributed by atoms with Crippen molar-refractivity contribution < 1.29 is 0 Å². The van der Waals surface area contributed by atoms with Gasteiger partial charge >= 0.3 is 0 Å². The first-order valence-corrected chi connectivity index (χ1v) is 16.3. The van der Waals surface area contributed by atoms with Crippen molar-refractivity contribution in [2.24, 2.45) is 0 Å². The van der Waals surface area contributed by atoms with Crippen LogP contribution in [-0.2, 0) is 0 Å². The summed E-state index contributed by atoms with van der Waals surface area (Å²) < 4.78 is 4.41. The Morgan fingerprint density at radius 3 is 1.94 bits per heavy atom. The minimum absolute atomic E-state index is 0.571. The van der Waals surface area contributed by atoms with Crippen LogP contribution in [0.25, 0.3) is 82.1 Å². The van der Waals surface area contributed by atoms with Crippen LogP contribution in [0.15, 0.2) is 152 Å².